The van der Waals surface area contributed by atoms with Crippen molar-refractivity contribution in [2.45, 2.75) is 12.3 Å². The number of fused-ring (bicyclic) bond motifs is 3. The van der Waals surface area contributed by atoms with Crippen LogP contribution in [0.1, 0.15) is 17.9 Å². The SMILES string of the molecule is C1=CCC(c2ccc(N(c3ccc(-c4ccccc4)cc3)c3ccc(-c4ccc5c(c4)c4ccccc4n5-c4ccccc4)cc3)cc2)C=C1. The molecule has 0 saturated carbocycles. The van der Waals surface area contributed by atoms with Crippen molar-refractivity contribution in [3.05, 3.63) is 206 Å². The minimum Gasteiger partial charge on any atom is -0.311 e. The van der Waals surface area contributed by atoms with Crippen molar-refractivity contribution in [3.63, 3.8) is 0 Å². The number of para-hydroxylation sites is 2. The molecule has 9 rings (SSSR count). The van der Waals surface area contributed by atoms with Crippen molar-refractivity contribution < 1.29 is 0 Å². The van der Waals surface area contributed by atoms with Crippen LogP contribution >= 0.6 is 0 Å². The molecule has 238 valence electrons. The fraction of sp³-hybridized carbons (Fsp3) is 0.0417. The van der Waals surface area contributed by atoms with E-state index in [1.165, 1.54) is 55.3 Å². The Bertz CT molecular complexity index is 2470. The molecular formula is C48H36N2. The van der Waals surface area contributed by atoms with Crippen molar-refractivity contribution >= 4 is 38.9 Å². The Balaban J connectivity index is 1.09. The summed E-state index contributed by atoms with van der Waals surface area (Å²) in [5.74, 6) is 0.422. The van der Waals surface area contributed by atoms with Gasteiger partial charge in [0.05, 0.1) is 11.0 Å². The highest BCUT2D eigenvalue weighted by Crippen LogP contribution is 2.39. The first-order chi connectivity index (χ1) is 24.8. The Hall–Kier alpha value is -6.38. The largest absolute Gasteiger partial charge is 0.311 e. The second kappa shape index (κ2) is 12.9. The average Bonchev–Trinajstić information content (AvgIpc) is 3.53. The molecule has 1 heterocycles. The molecule has 8 aromatic rings. The standard InChI is InChI=1S/C48H36N2/c1-4-12-35(13-5-1)37-20-27-42(28-21-37)49(43-29-22-38(23-30-43)36-14-6-2-7-15-36)44-31-24-39(25-32-44)40-26-33-48-46(34-40)45-18-10-11-19-47(45)50(48)41-16-8-3-9-17-41/h1-14,16-34,36H,15H2. The number of nitrogens with zero attached hydrogens (tertiary/aromatic N) is 2. The minimum absolute atomic E-state index is 0.422. The van der Waals surface area contributed by atoms with Crippen molar-refractivity contribution in [2.24, 2.45) is 0 Å². The third kappa shape index (κ3) is 5.51. The number of hydrogen-bond donors (Lipinski definition) is 0. The summed E-state index contributed by atoms with van der Waals surface area (Å²) in [6, 6.07) is 63.8. The van der Waals surface area contributed by atoms with Gasteiger partial charge in [-0.3, -0.25) is 0 Å². The molecular weight excluding hydrogens is 605 g/mol. The maximum atomic E-state index is 2.37. The van der Waals surface area contributed by atoms with Crippen LogP contribution in [0, 0.1) is 0 Å². The first kappa shape index (κ1) is 29.7. The molecule has 0 N–H and O–H groups in total. The van der Waals surface area contributed by atoms with Crippen LogP contribution < -0.4 is 4.90 Å². The first-order valence-electron chi connectivity index (χ1n) is 17.4. The third-order valence-electron chi connectivity index (χ3n) is 9.94. The van der Waals surface area contributed by atoms with E-state index < -0.39 is 0 Å². The van der Waals surface area contributed by atoms with E-state index in [4.69, 9.17) is 0 Å². The van der Waals surface area contributed by atoms with E-state index in [1.54, 1.807) is 0 Å². The van der Waals surface area contributed by atoms with Crippen molar-refractivity contribution in [1.82, 2.24) is 4.57 Å². The van der Waals surface area contributed by atoms with Crippen molar-refractivity contribution in [3.8, 4) is 27.9 Å². The number of rotatable bonds is 7. The quantitative estimate of drug-likeness (QED) is 0.168. The number of hydrogen-bond acceptors (Lipinski definition) is 1. The van der Waals surface area contributed by atoms with Gasteiger partial charge >= 0.3 is 0 Å². The highest BCUT2D eigenvalue weighted by Gasteiger charge is 2.16. The van der Waals surface area contributed by atoms with Gasteiger partial charge in [-0.25, -0.2) is 0 Å². The van der Waals surface area contributed by atoms with E-state index in [2.05, 4.69) is 210 Å². The summed E-state index contributed by atoms with van der Waals surface area (Å²) in [6.45, 7) is 0. The van der Waals surface area contributed by atoms with E-state index in [0.29, 0.717) is 5.92 Å². The Labute approximate surface area is 293 Å². The lowest BCUT2D eigenvalue weighted by atomic mass is 9.92. The van der Waals surface area contributed by atoms with E-state index in [-0.39, 0.29) is 0 Å². The van der Waals surface area contributed by atoms with Gasteiger partial charge in [0.1, 0.15) is 0 Å². The molecule has 1 aliphatic rings. The summed E-state index contributed by atoms with van der Waals surface area (Å²) < 4.78 is 2.37. The zero-order valence-corrected chi connectivity index (χ0v) is 27.7. The second-order valence-electron chi connectivity index (χ2n) is 13.0. The smallest absolute Gasteiger partial charge is 0.0541 e. The zero-order chi connectivity index (χ0) is 33.3. The van der Waals surface area contributed by atoms with E-state index >= 15 is 0 Å². The van der Waals surface area contributed by atoms with E-state index in [1.807, 2.05) is 0 Å². The Morgan fingerprint density at radius 1 is 0.440 bits per heavy atom. The van der Waals surface area contributed by atoms with Gasteiger partial charge in [0.2, 0.25) is 0 Å². The fourth-order valence-electron chi connectivity index (χ4n) is 7.39. The Kier molecular flexibility index (Phi) is 7.68. The summed E-state index contributed by atoms with van der Waals surface area (Å²) in [5.41, 5.74) is 13.2. The lowest BCUT2D eigenvalue weighted by molar-refractivity contribution is 0.854. The van der Waals surface area contributed by atoms with Gasteiger partial charge in [-0.2, -0.15) is 0 Å². The number of anilines is 3. The van der Waals surface area contributed by atoms with Crippen LogP contribution in [0.3, 0.4) is 0 Å². The molecule has 1 atom stereocenters. The van der Waals surface area contributed by atoms with Crippen LogP contribution in [0.2, 0.25) is 0 Å². The summed E-state index contributed by atoms with van der Waals surface area (Å²) >= 11 is 0. The molecule has 2 nitrogen and oxygen atoms in total. The molecule has 0 saturated heterocycles. The van der Waals surface area contributed by atoms with Crippen LogP contribution in [-0.2, 0) is 0 Å². The van der Waals surface area contributed by atoms with Gasteiger partial charge in [0.25, 0.3) is 0 Å². The predicted molar refractivity (Wildman–Crippen MR) is 212 cm³/mol. The number of benzene rings is 7. The molecule has 0 amide bonds. The molecule has 7 aromatic carbocycles. The highest BCUT2D eigenvalue weighted by molar-refractivity contribution is 6.10. The zero-order valence-electron chi connectivity index (χ0n) is 27.7. The van der Waals surface area contributed by atoms with Crippen LogP contribution in [0.15, 0.2) is 200 Å². The van der Waals surface area contributed by atoms with Crippen LogP contribution in [0.4, 0.5) is 17.1 Å². The second-order valence-corrected chi connectivity index (χ2v) is 13.0. The van der Waals surface area contributed by atoms with Gasteiger partial charge in [0.15, 0.2) is 0 Å². The summed E-state index contributed by atoms with van der Waals surface area (Å²) in [4.78, 5) is 2.36. The van der Waals surface area contributed by atoms with Crippen LogP contribution in [-0.4, -0.2) is 4.57 Å². The topological polar surface area (TPSA) is 8.17 Å². The molecule has 0 aliphatic heterocycles. The number of aromatic nitrogens is 1. The molecule has 0 spiro atoms. The molecule has 1 unspecified atom stereocenters. The minimum atomic E-state index is 0.422. The molecule has 1 aromatic heterocycles. The molecule has 2 heteroatoms. The first-order valence-corrected chi connectivity index (χ1v) is 17.4. The molecule has 1 aliphatic carbocycles. The summed E-state index contributed by atoms with van der Waals surface area (Å²) in [6.07, 6.45) is 9.88. The molecule has 50 heavy (non-hydrogen) atoms. The monoisotopic (exact) mass is 640 g/mol. The Morgan fingerprint density at radius 2 is 0.980 bits per heavy atom. The Morgan fingerprint density at radius 3 is 1.64 bits per heavy atom. The van der Waals surface area contributed by atoms with Gasteiger partial charge in [-0.15, -0.1) is 0 Å². The summed E-state index contributed by atoms with van der Waals surface area (Å²) in [5, 5.41) is 2.52. The maximum Gasteiger partial charge on any atom is 0.0541 e. The van der Waals surface area contributed by atoms with Crippen molar-refractivity contribution in [1.29, 1.82) is 0 Å². The van der Waals surface area contributed by atoms with E-state index in [9.17, 15) is 0 Å². The van der Waals surface area contributed by atoms with Gasteiger partial charge < -0.3 is 9.47 Å². The molecule has 0 radical (unpaired) electrons. The number of allylic oxidation sites excluding steroid dienone is 4. The molecule has 0 bridgehead atoms. The van der Waals surface area contributed by atoms with E-state index in [0.717, 1.165) is 23.5 Å². The normalized spacial score (nSPS) is 14.0. The summed E-state index contributed by atoms with van der Waals surface area (Å²) in [7, 11) is 0. The van der Waals surface area contributed by atoms with Crippen LogP contribution in [0.5, 0.6) is 0 Å². The average molecular weight is 641 g/mol. The molecule has 0 fully saturated rings. The predicted octanol–water partition coefficient (Wildman–Crippen LogP) is 13.2. The lowest BCUT2D eigenvalue weighted by Gasteiger charge is -2.26. The van der Waals surface area contributed by atoms with Gasteiger partial charge in [-0.05, 0) is 101 Å². The fourth-order valence-corrected chi connectivity index (χ4v) is 7.39. The van der Waals surface area contributed by atoms with Gasteiger partial charge in [-0.1, -0.05) is 133 Å². The highest BCUT2D eigenvalue weighted by atomic mass is 15.1. The maximum absolute atomic E-state index is 2.37. The van der Waals surface area contributed by atoms with Gasteiger partial charge in [0, 0.05) is 39.4 Å². The van der Waals surface area contributed by atoms with Crippen LogP contribution in [0.25, 0.3) is 49.7 Å². The third-order valence-corrected chi connectivity index (χ3v) is 9.94. The van der Waals surface area contributed by atoms with Crippen molar-refractivity contribution in [2.75, 3.05) is 4.90 Å². The lowest BCUT2D eigenvalue weighted by Crippen LogP contribution is -2.10.